The van der Waals surface area contributed by atoms with Gasteiger partial charge in [-0.3, -0.25) is 24.0 Å². The summed E-state index contributed by atoms with van der Waals surface area (Å²) < 4.78 is 120. The molecule has 0 saturated carbocycles. The number of hydrogen-bond donors (Lipinski definition) is 5. The van der Waals surface area contributed by atoms with E-state index in [9.17, 15) is 50.3 Å². The van der Waals surface area contributed by atoms with E-state index >= 15 is 0 Å². The number of ether oxygens (including phenoxy) is 5. The summed E-state index contributed by atoms with van der Waals surface area (Å²) in [7, 11) is 3.05. The molecular formula is C77H76Cl4F6N16O10. The maximum Gasteiger partial charge on any atom is 0.272 e. The Morgan fingerprint density at radius 1 is 0.389 bits per heavy atom. The molecule has 0 radical (unpaired) electrons. The van der Waals surface area contributed by atoms with Crippen molar-refractivity contribution in [2.45, 2.75) is 106 Å². The number of fused-ring (bicyclic) bond motifs is 5. The molecule has 0 spiro atoms. The van der Waals surface area contributed by atoms with Crippen LogP contribution in [0.4, 0.5) is 26.3 Å². The van der Waals surface area contributed by atoms with Crippen LogP contribution >= 0.6 is 46.4 Å². The van der Waals surface area contributed by atoms with Crippen LogP contribution in [0.5, 0.6) is 29.4 Å². The lowest BCUT2D eigenvalue weighted by molar-refractivity contribution is 0.0942. The second kappa shape index (κ2) is 36.5. The van der Waals surface area contributed by atoms with Gasteiger partial charge in [-0.1, -0.05) is 52.5 Å². The Morgan fingerprint density at radius 3 is 1.02 bits per heavy atom. The van der Waals surface area contributed by atoms with Gasteiger partial charge >= 0.3 is 0 Å². The van der Waals surface area contributed by atoms with Crippen molar-refractivity contribution in [3.8, 4) is 91.1 Å². The molecule has 36 heteroatoms. The van der Waals surface area contributed by atoms with Gasteiger partial charge in [-0.15, -0.1) is 0 Å². The Bertz CT molecular complexity index is 5260. The molecule has 5 aromatic heterocycles. The van der Waals surface area contributed by atoms with E-state index in [0.29, 0.717) is 159 Å². The summed E-state index contributed by atoms with van der Waals surface area (Å²) in [6.45, 7) is 17.9. The van der Waals surface area contributed by atoms with E-state index in [-0.39, 0.29) is 94.8 Å². The number of rotatable bonds is 13. The number of aryl methyl sites for hydroxylation is 8. The van der Waals surface area contributed by atoms with Crippen molar-refractivity contribution in [2.24, 2.45) is 0 Å². The molecule has 0 aliphatic carbocycles. The van der Waals surface area contributed by atoms with Crippen LogP contribution in [0.25, 0.3) is 55.6 Å². The molecule has 0 saturated heterocycles. The first-order valence-corrected chi connectivity index (χ1v) is 37.5. The van der Waals surface area contributed by atoms with Crippen molar-refractivity contribution < 1.29 is 74.0 Å². The summed E-state index contributed by atoms with van der Waals surface area (Å²) in [5.41, 5.74) is 7.24. The molecule has 15 rings (SSSR count). The third kappa shape index (κ3) is 17.7. The molecule has 5 aliphatic rings. The van der Waals surface area contributed by atoms with E-state index in [1.54, 1.807) is 51.6 Å². The zero-order valence-electron chi connectivity index (χ0n) is 62.4. The van der Waals surface area contributed by atoms with E-state index in [2.05, 4.69) is 52.1 Å². The van der Waals surface area contributed by atoms with Crippen LogP contribution in [-0.2, 0) is 32.7 Å². The second-order valence-corrected chi connectivity index (χ2v) is 27.4. The van der Waals surface area contributed by atoms with Crippen molar-refractivity contribution in [3.63, 3.8) is 0 Å². The fraction of sp³-hybridized carbons (Fsp3) is 0.338. The predicted octanol–water partition coefficient (Wildman–Crippen LogP) is 13.9. The van der Waals surface area contributed by atoms with Gasteiger partial charge in [-0.05, 0) is 141 Å². The summed E-state index contributed by atoms with van der Waals surface area (Å²) in [5.74, 6) is -3.35. The van der Waals surface area contributed by atoms with Crippen molar-refractivity contribution in [1.82, 2.24) is 75.5 Å². The second-order valence-electron chi connectivity index (χ2n) is 25.8. The molecule has 5 aliphatic heterocycles. The highest BCUT2D eigenvalue weighted by Gasteiger charge is 2.35. The van der Waals surface area contributed by atoms with Crippen LogP contribution in [0.15, 0.2) is 66.7 Å². The maximum absolute atomic E-state index is 14.3. The van der Waals surface area contributed by atoms with Crippen molar-refractivity contribution >= 4 is 75.9 Å². The summed E-state index contributed by atoms with van der Waals surface area (Å²) in [4.78, 5) is 61.1. The van der Waals surface area contributed by atoms with E-state index in [1.807, 2.05) is 26.8 Å². The number of nitriles is 1. The summed E-state index contributed by atoms with van der Waals surface area (Å²) in [6, 6.07) is 16.5. The van der Waals surface area contributed by atoms with Gasteiger partial charge < -0.3 is 50.3 Å². The number of halogens is 10. The van der Waals surface area contributed by atoms with Crippen LogP contribution in [0.2, 0.25) is 20.1 Å². The third-order valence-electron chi connectivity index (χ3n) is 18.1. The standard InChI is InChI=1S/C17H17FN4O2.C16H17ClFN3O2.C15H14ClF2N3O2.C15H15ClFN3O2.C14H13ClFN3O2/c1-3-20-16(23)15-14(17-22(21-15)5-4-6-24-17)12-8-13(18)11(9-19)7-10(12)2;1-3-19-15(22)14-13(16-21(20-14)5-4-6-23-16)10-8-12(18)11(17)7-9(10)2;1-2-19-14(22)13-12(15-21(20-13)4-3-5-23-15)8-6-11(18)9(16)7-10(8)17;1-8-6-10(16)11(17)7-9(8)12-13(14(21)18-2)19-20-4-3-5-22-15(12)20;1-17-13(20)12-11(8-3-4-9(15)10(16)7-8)14-19(18-12)5-2-6-21-14/h7-8H,3-6H2,1-2H3,(H,20,23);7-8H,3-6H2,1-2H3,(H,19,22);6-7H,2-5H2,1H3,(H,19,22);6-7H,3-5H2,1-2H3,(H,18,21);3-4,7H,2,5-6H2,1H3,(H,17,20). The predicted molar refractivity (Wildman–Crippen MR) is 408 cm³/mol. The van der Waals surface area contributed by atoms with Gasteiger partial charge in [0.15, 0.2) is 28.5 Å². The van der Waals surface area contributed by atoms with Crippen molar-refractivity contribution in [1.29, 1.82) is 5.26 Å². The van der Waals surface area contributed by atoms with Crippen LogP contribution < -0.4 is 50.3 Å². The molecule has 0 fully saturated rings. The fourth-order valence-corrected chi connectivity index (χ4v) is 13.6. The smallest absolute Gasteiger partial charge is 0.272 e. The Balaban J connectivity index is 0.000000140. The van der Waals surface area contributed by atoms with Crippen LogP contribution in [-0.4, -0.2) is 145 Å². The van der Waals surface area contributed by atoms with Gasteiger partial charge in [0.25, 0.3) is 29.5 Å². The van der Waals surface area contributed by atoms with Gasteiger partial charge in [0.2, 0.25) is 29.4 Å². The van der Waals surface area contributed by atoms with Gasteiger partial charge in [-0.25, -0.2) is 49.8 Å². The largest absolute Gasteiger partial charge is 0.477 e. The lowest BCUT2D eigenvalue weighted by atomic mass is 9.97. The average Bonchev–Trinajstić information content (AvgIpc) is 1.66. The zero-order valence-corrected chi connectivity index (χ0v) is 65.4. The molecule has 5 N–H and O–H groups in total. The molecule has 0 atom stereocenters. The highest BCUT2D eigenvalue weighted by atomic mass is 35.5. The summed E-state index contributed by atoms with van der Waals surface area (Å²) in [5, 5.41) is 43.4. The number of amides is 5. The third-order valence-corrected chi connectivity index (χ3v) is 19.3. The molecule has 5 aromatic carbocycles. The van der Waals surface area contributed by atoms with Gasteiger partial charge in [0, 0.05) is 104 Å². The average molecular weight is 1640 g/mol. The first kappa shape index (κ1) is 82.7. The maximum atomic E-state index is 14.3. The molecule has 0 bridgehead atoms. The first-order valence-electron chi connectivity index (χ1n) is 36.0. The van der Waals surface area contributed by atoms with Crippen molar-refractivity contribution in [3.05, 3.63) is 172 Å². The fourth-order valence-electron chi connectivity index (χ4n) is 12.9. The molecule has 5 amide bonds. The van der Waals surface area contributed by atoms with Crippen molar-refractivity contribution in [2.75, 3.05) is 66.8 Å². The summed E-state index contributed by atoms with van der Waals surface area (Å²) in [6.07, 6.45) is 3.96. The minimum absolute atomic E-state index is 0.00405. The highest BCUT2D eigenvalue weighted by molar-refractivity contribution is 6.32. The number of carbonyl (C=O) groups is 5. The molecule has 594 valence electrons. The van der Waals surface area contributed by atoms with Crippen LogP contribution in [0, 0.1) is 67.0 Å². The van der Waals surface area contributed by atoms with Gasteiger partial charge in [0.1, 0.15) is 41.0 Å². The summed E-state index contributed by atoms with van der Waals surface area (Å²) >= 11 is 23.0. The monoisotopic (exact) mass is 1640 g/mol. The Hall–Kier alpha value is -11.3. The van der Waals surface area contributed by atoms with Crippen LogP contribution in [0.3, 0.4) is 0 Å². The van der Waals surface area contributed by atoms with E-state index in [0.717, 1.165) is 55.4 Å². The SMILES string of the molecule is CCNC(=O)c1nn2c(c1-c1cc(F)c(C#N)cc1C)OCCC2.CCNC(=O)c1nn2c(c1-c1cc(F)c(Cl)cc1C)OCCC2.CCNC(=O)c1nn2c(c1-c1cc(F)c(Cl)cc1F)OCCC2.CNC(=O)c1nn2c(c1-c1cc(F)c(Cl)cc1C)OCCC2.CNC(=O)c1nn2c(c1-c1ccc(Cl)c(F)c1)OCCC2. The van der Waals surface area contributed by atoms with E-state index in [1.165, 1.54) is 61.2 Å². The minimum atomic E-state index is -0.777. The molecule has 10 heterocycles. The Labute approximate surface area is 663 Å². The topological polar surface area (TPSA) is 305 Å². The molecule has 113 heavy (non-hydrogen) atoms. The minimum Gasteiger partial charge on any atom is -0.477 e. The number of hydrogen-bond acceptors (Lipinski definition) is 16. The van der Waals surface area contributed by atoms with Gasteiger partial charge in [-0.2, -0.15) is 30.8 Å². The Morgan fingerprint density at radius 2 is 0.681 bits per heavy atom. The lowest BCUT2D eigenvalue weighted by Crippen LogP contribution is -2.24. The van der Waals surface area contributed by atoms with Gasteiger partial charge in [0.05, 0.1) is 86.5 Å². The lowest BCUT2D eigenvalue weighted by Gasteiger charge is -2.17. The normalized spacial score (nSPS) is 13.3. The molecule has 0 unspecified atom stereocenters. The molecule has 10 aromatic rings. The number of carbonyl (C=O) groups excluding carboxylic acids is 5. The molecular weight excluding hydrogens is 1560 g/mol. The number of nitrogens with one attached hydrogen (secondary N) is 5. The number of aromatic nitrogens is 10. The number of benzene rings is 5. The molecule has 26 nitrogen and oxygen atoms in total. The quantitative estimate of drug-likeness (QED) is 0.0529. The highest BCUT2D eigenvalue weighted by Crippen LogP contribution is 2.44. The Kier molecular flexibility index (Phi) is 26.7. The van der Waals surface area contributed by atoms with E-state index < -0.39 is 40.8 Å². The first-order chi connectivity index (χ1) is 54.2. The number of nitrogens with zero attached hydrogens (tertiary/aromatic N) is 11. The van der Waals surface area contributed by atoms with E-state index in [4.69, 9.17) is 75.3 Å². The van der Waals surface area contributed by atoms with Crippen LogP contribution in [0.1, 0.15) is 128 Å². The zero-order chi connectivity index (χ0) is 81.2.